The van der Waals surface area contributed by atoms with Crippen LogP contribution in [0.5, 0.6) is 5.75 Å². The van der Waals surface area contributed by atoms with Crippen molar-refractivity contribution in [2.75, 3.05) is 6.61 Å². The van der Waals surface area contributed by atoms with Crippen LogP contribution in [-0.2, 0) is 4.79 Å². The molecule has 0 bridgehead atoms. The van der Waals surface area contributed by atoms with Crippen molar-refractivity contribution < 1.29 is 9.53 Å². The van der Waals surface area contributed by atoms with Gasteiger partial charge < -0.3 is 10.1 Å². The highest BCUT2D eigenvalue weighted by Crippen LogP contribution is 2.32. The molecule has 6 heteroatoms. The molecule has 0 aliphatic rings. The summed E-state index contributed by atoms with van der Waals surface area (Å²) in [5.74, 6) is 0.157. The van der Waals surface area contributed by atoms with Crippen LogP contribution in [0.4, 0.5) is 0 Å². The molecule has 0 aromatic heterocycles. The van der Waals surface area contributed by atoms with E-state index in [0.29, 0.717) is 15.8 Å². The molecule has 1 rings (SSSR count). The van der Waals surface area contributed by atoms with Crippen molar-refractivity contribution in [3.8, 4) is 11.8 Å². The molecule has 0 aliphatic carbocycles. The number of hydrogen-bond acceptors (Lipinski definition) is 3. The van der Waals surface area contributed by atoms with E-state index in [-0.39, 0.29) is 18.4 Å². The van der Waals surface area contributed by atoms with E-state index < -0.39 is 5.54 Å². The first-order valence-electron chi connectivity index (χ1n) is 7.18. The summed E-state index contributed by atoms with van der Waals surface area (Å²) in [6.45, 7) is 7.42. The van der Waals surface area contributed by atoms with Gasteiger partial charge in [0.1, 0.15) is 17.9 Å². The third-order valence-electron chi connectivity index (χ3n) is 3.66. The van der Waals surface area contributed by atoms with Gasteiger partial charge in [-0.25, -0.2) is 0 Å². The Morgan fingerprint density at radius 2 is 2.13 bits per heavy atom. The van der Waals surface area contributed by atoms with Crippen molar-refractivity contribution in [3.05, 3.63) is 39.9 Å². The van der Waals surface area contributed by atoms with E-state index in [9.17, 15) is 4.79 Å². The van der Waals surface area contributed by atoms with Crippen LogP contribution in [0.1, 0.15) is 26.3 Å². The molecule has 0 saturated heterocycles. The number of nitrogens with zero attached hydrogens (tertiary/aromatic N) is 1. The Balaban J connectivity index is 2.59. The lowest BCUT2D eigenvalue weighted by molar-refractivity contribution is -0.118. The summed E-state index contributed by atoms with van der Waals surface area (Å²) in [5.41, 5.74) is -0.159. The van der Waals surface area contributed by atoms with E-state index in [1.54, 1.807) is 32.1 Å². The van der Waals surface area contributed by atoms with Gasteiger partial charge in [0.05, 0.1) is 11.1 Å². The van der Waals surface area contributed by atoms with Crippen LogP contribution in [0, 0.1) is 24.2 Å². The average Bonchev–Trinajstić information content (AvgIpc) is 2.50. The van der Waals surface area contributed by atoms with Crippen LogP contribution in [-0.4, -0.2) is 18.1 Å². The van der Waals surface area contributed by atoms with Crippen LogP contribution >= 0.6 is 23.2 Å². The standard InChI is InChI=1S/C17H20Cl2N2O2/c1-11(2)17(4,10-20)21-15(22)6-5-9-23-14-8-7-13(18)12(3)16(14)19/h5-8,11H,9H2,1-4H3,(H,21,22)/b6-5+. The van der Waals surface area contributed by atoms with Crippen LogP contribution in [0.3, 0.4) is 0 Å². The number of nitriles is 1. The molecular formula is C17H20Cl2N2O2. The third kappa shape index (κ3) is 5.16. The molecule has 1 aromatic rings. The van der Waals surface area contributed by atoms with Crippen molar-refractivity contribution in [1.82, 2.24) is 5.32 Å². The Labute approximate surface area is 147 Å². The second-order valence-electron chi connectivity index (χ2n) is 5.66. The number of amides is 1. The van der Waals surface area contributed by atoms with Crippen molar-refractivity contribution in [2.24, 2.45) is 5.92 Å². The predicted molar refractivity (Wildman–Crippen MR) is 92.8 cm³/mol. The summed E-state index contributed by atoms with van der Waals surface area (Å²) in [5, 5.41) is 12.9. The van der Waals surface area contributed by atoms with E-state index in [2.05, 4.69) is 11.4 Å². The minimum Gasteiger partial charge on any atom is -0.488 e. The molecular weight excluding hydrogens is 335 g/mol. The second kappa shape index (κ2) is 8.24. The maximum absolute atomic E-state index is 11.9. The summed E-state index contributed by atoms with van der Waals surface area (Å²) >= 11 is 12.1. The van der Waals surface area contributed by atoms with Crippen LogP contribution < -0.4 is 10.1 Å². The molecule has 0 spiro atoms. The molecule has 23 heavy (non-hydrogen) atoms. The smallest absolute Gasteiger partial charge is 0.245 e. The van der Waals surface area contributed by atoms with E-state index in [0.717, 1.165) is 5.56 Å². The number of rotatable bonds is 6. The quantitative estimate of drug-likeness (QED) is 0.775. The van der Waals surface area contributed by atoms with Gasteiger partial charge in [0.25, 0.3) is 0 Å². The summed E-state index contributed by atoms with van der Waals surface area (Å²) in [4.78, 5) is 11.9. The van der Waals surface area contributed by atoms with E-state index in [1.807, 2.05) is 13.8 Å². The zero-order valence-corrected chi connectivity index (χ0v) is 15.1. The molecule has 4 nitrogen and oxygen atoms in total. The fourth-order valence-corrected chi connectivity index (χ4v) is 2.07. The SMILES string of the molecule is Cc1c(Cl)ccc(OC/C=C/C(=O)NC(C)(C#N)C(C)C)c1Cl. The number of benzene rings is 1. The molecule has 1 aromatic carbocycles. The fraction of sp³-hybridized carbons (Fsp3) is 0.412. The molecule has 1 atom stereocenters. The Kier molecular flexibility index (Phi) is 6.93. The summed E-state index contributed by atoms with van der Waals surface area (Å²) in [7, 11) is 0. The first-order valence-corrected chi connectivity index (χ1v) is 7.94. The number of nitrogens with one attached hydrogen (secondary N) is 1. The monoisotopic (exact) mass is 354 g/mol. The van der Waals surface area contributed by atoms with Gasteiger partial charge in [0, 0.05) is 11.1 Å². The molecule has 0 radical (unpaired) electrons. The van der Waals surface area contributed by atoms with Gasteiger partial charge in [-0.15, -0.1) is 0 Å². The number of carbonyl (C=O) groups excluding carboxylic acids is 1. The largest absolute Gasteiger partial charge is 0.488 e. The molecule has 0 fully saturated rings. The van der Waals surface area contributed by atoms with Crippen LogP contribution in [0.2, 0.25) is 10.0 Å². The second-order valence-corrected chi connectivity index (χ2v) is 6.44. The molecule has 1 N–H and O–H groups in total. The Hall–Kier alpha value is -1.70. The van der Waals surface area contributed by atoms with Crippen LogP contribution in [0.15, 0.2) is 24.3 Å². The molecule has 0 aliphatic heterocycles. The van der Waals surface area contributed by atoms with Gasteiger partial charge in [0.15, 0.2) is 0 Å². The van der Waals surface area contributed by atoms with Gasteiger partial charge >= 0.3 is 0 Å². The lowest BCUT2D eigenvalue weighted by Crippen LogP contribution is -2.48. The average molecular weight is 355 g/mol. The van der Waals surface area contributed by atoms with Gasteiger partial charge in [-0.3, -0.25) is 4.79 Å². The van der Waals surface area contributed by atoms with Gasteiger partial charge in [-0.05, 0) is 43.5 Å². The molecule has 1 unspecified atom stereocenters. The van der Waals surface area contributed by atoms with Crippen molar-refractivity contribution in [3.63, 3.8) is 0 Å². The van der Waals surface area contributed by atoms with Crippen molar-refractivity contribution in [1.29, 1.82) is 5.26 Å². The van der Waals surface area contributed by atoms with Gasteiger partial charge in [-0.1, -0.05) is 37.0 Å². The maximum Gasteiger partial charge on any atom is 0.245 e. The van der Waals surface area contributed by atoms with Gasteiger partial charge in [-0.2, -0.15) is 5.26 Å². The van der Waals surface area contributed by atoms with E-state index in [4.69, 9.17) is 33.2 Å². The first-order chi connectivity index (χ1) is 10.7. The first kappa shape index (κ1) is 19.3. The number of ether oxygens (including phenoxy) is 1. The van der Waals surface area contributed by atoms with E-state index >= 15 is 0 Å². The zero-order valence-electron chi connectivity index (χ0n) is 13.6. The Morgan fingerprint density at radius 3 is 2.70 bits per heavy atom. The maximum atomic E-state index is 11.9. The summed E-state index contributed by atoms with van der Waals surface area (Å²) in [6.07, 6.45) is 2.91. The van der Waals surface area contributed by atoms with Crippen LogP contribution in [0.25, 0.3) is 0 Å². The normalized spacial score (nSPS) is 13.7. The highest BCUT2D eigenvalue weighted by molar-refractivity contribution is 6.36. The number of carbonyl (C=O) groups is 1. The molecule has 0 saturated carbocycles. The summed E-state index contributed by atoms with van der Waals surface area (Å²) in [6, 6.07) is 5.50. The Morgan fingerprint density at radius 1 is 1.48 bits per heavy atom. The zero-order chi connectivity index (χ0) is 17.6. The minimum absolute atomic E-state index is 0.00282. The lowest BCUT2D eigenvalue weighted by Gasteiger charge is -2.26. The van der Waals surface area contributed by atoms with Gasteiger partial charge in [0.2, 0.25) is 5.91 Å². The van der Waals surface area contributed by atoms with E-state index in [1.165, 1.54) is 6.08 Å². The predicted octanol–water partition coefficient (Wildman–Crippen LogP) is 4.29. The molecule has 124 valence electrons. The van der Waals surface area contributed by atoms with Crippen molar-refractivity contribution in [2.45, 2.75) is 33.2 Å². The van der Waals surface area contributed by atoms with Crippen molar-refractivity contribution >= 4 is 29.1 Å². The molecule has 1 amide bonds. The number of halogens is 2. The fourth-order valence-electron chi connectivity index (χ4n) is 1.64. The minimum atomic E-state index is -0.904. The third-order valence-corrected chi connectivity index (χ3v) is 4.54. The highest BCUT2D eigenvalue weighted by Gasteiger charge is 2.29. The highest BCUT2D eigenvalue weighted by atomic mass is 35.5. The number of hydrogen-bond donors (Lipinski definition) is 1. The summed E-state index contributed by atoms with van der Waals surface area (Å²) < 4.78 is 5.50. The Bertz CT molecular complexity index is 651. The topological polar surface area (TPSA) is 62.1 Å². The lowest BCUT2D eigenvalue weighted by atomic mass is 9.90. The molecule has 0 heterocycles.